The zero-order chi connectivity index (χ0) is 12.0. The van der Waals surface area contributed by atoms with E-state index in [0.717, 1.165) is 20.7 Å². The van der Waals surface area contributed by atoms with Crippen molar-refractivity contribution in [2.24, 2.45) is 5.92 Å². The van der Waals surface area contributed by atoms with E-state index < -0.39 is 0 Å². The summed E-state index contributed by atoms with van der Waals surface area (Å²) >= 11 is 9.00. The van der Waals surface area contributed by atoms with Gasteiger partial charge in [0, 0.05) is 10.5 Å². The monoisotopic (exact) mass is 310 g/mol. The molecule has 2 aromatic rings. The fourth-order valence-corrected chi connectivity index (χ4v) is 3.58. The Labute approximate surface area is 114 Å². The number of imidazole rings is 1. The number of nitrogens with one attached hydrogen (secondary N) is 1. The topological polar surface area (TPSA) is 20.7 Å². The molecule has 4 heteroatoms. The van der Waals surface area contributed by atoms with Gasteiger partial charge in [0.25, 0.3) is 0 Å². The summed E-state index contributed by atoms with van der Waals surface area (Å²) in [4.78, 5) is 3.30. The lowest BCUT2D eigenvalue weighted by Gasteiger charge is -2.13. The van der Waals surface area contributed by atoms with E-state index in [9.17, 15) is 0 Å². The fourth-order valence-electron chi connectivity index (χ4n) is 2.87. The first-order valence-electron chi connectivity index (χ1n) is 6.05. The van der Waals surface area contributed by atoms with Gasteiger partial charge in [-0.05, 0) is 55.6 Å². The molecule has 2 unspecified atom stereocenters. The van der Waals surface area contributed by atoms with Gasteiger partial charge >= 0.3 is 0 Å². The average Bonchev–Trinajstić information content (AvgIpc) is 2.81. The number of hydrogen-bond acceptors (Lipinski definition) is 1. The molecule has 1 N–H and O–H groups in total. The second kappa shape index (κ2) is 4.25. The van der Waals surface area contributed by atoms with Crippen LogP contribution in [0.4, 0.5) is 0 Å². The maximum atomic E-state index is 5.46. The largest absolute Gasteiger partial charge is 0.331 e. The Hall–Kier alpha value is -0.610. The number of fused-ring (bicyclic) bond motifs is 1. The third kappa shape index (κ3) is 1.97. The lowest BCUT2D eigenvalue weighted by atomic mass is 10.1. The SMILES string of the molecule is CC1CCC(n2c(=S)[nH]c3ccc(Br)cc32)C1. The number of rotatable bonds is 1. The van der Waals surface area contributed by atoms with E-state index in [1.165, 1.54) is 24.8 Å². The van der Waals surface area contributed by atoms with Gasteiger partial charge < -0.3 is 9.55 Å². The maximum absolute atomic E-state index is 5.46. The average molecular weight is 311 g/mol. The van der Waals surface area contributed by atoms with Crippen molar-refractivity contribution < 1.29 is 0 Å². The van der Waals surface area contributed by atoms with Crippen LogP contribution in [0.1, 0.15) is 32.2 Å². The van der Waals surface area contributed by atoms with Gasteiger partial charge in [-0.15, -0.1) is 0 Å². The Balaban J connectivity index is 2.17. The molecule has 0 bridgehead atoms. The lowest BCUT2D eigenvalue weighted by Crippen LogP contribution is -2.05. The molecule has 0 radical (unpaired) electrons. The van der Waals surface area contributed by atoms with Crippen LogP contribution in [-0.2, 0) is 0 Å². The molecule has 0 spiro atoms. The summed E-state index contributed by atoms with van der Waals surface area (Å²) in [5.74, 6) is 0.819. The van der Waals surface area contributed by atoms with E-state index in [4.69, 9.17) is 12.2 Å². The van der Waals surface area contributed by atoms with Crippen molar-refractivity contribution >= 4 is 39.2 Å². The third-order valence-electron chi connectivity index (χ3n) is 3.71. The van der Waals surface area contributed by atoms with Crippen molar-refractivity contribution in [2.75, 3.05) is 0 Å². The molecule has 1 aliphatic carbocycles. The third-order valence-corrected chi connectivity index (χ3v) is 4.50. The van der Waals surface area contributed by atoms with Crippen molar-refractivity contribution in [1.82, 2.24) is 9.55 Å². The van der Waals surface area contributed by atoms with E-state index in [2.05, 4.69) is 50.6 Å². The number of nitrogens with zero attached hydrogens (tertiary/aromatic N) is 1. The summed E-state index contributed by atoms with van der Waals surface area (Å²) in [6, 6.07) is 6.87. The van der Waals surface area contributed by atoms with Crippen molar-refractivity contribution in [3.63, 3.8) is 0 Å². The number of benzene rings is 1. The predicted molar refractivity (Wildman–Crippen MR) is 76.9 cm³/mol. The minimum absolute atomic E-state index is 0.570. The zero-order valence-corrected chi connectivity index (χ0v) is 12.1. The quantitative estimate of drug-likeness (QED) is 0.749. The van der Waals surface area contributed by atoms with Gasteiger partial charge in [0.1, 0.15) is 0 Å². The smallest absolute Gasteiger partial charge is 0.178 e. The van der Waals surface area contributed by atoms with Crippen LogP contribution < -0.4 is 0 Å². The molecule has 1 heterocycles. The van der Waals surface area contributed by atoms with Gasteiger partial charge in [-0.3, -0.25) is 0 Å². The Morgan fingerprint density at radius 3 is 2.94 bits per heavy atom. The highest BCUT2D eigenvalue weighted by Gasteiger charge is 2.24. The maximum Gasteiger partial charge on any atom is 0.178 e. The highest BCUT2D eigenvalue weighted by molar-refractivity contribution is 9.10. The van der Waals surface area contributed by atoms with Crippen molar-refractivity contribution in [3.8, 4) is 0 Å². The lowest BCUT2D eigenvalue weighted by molar-refractivity contribution is 0.500. The first-order valence-corrected chi connectivity index (χ1v) is 7.25. The summed E-state index contributed by atoms with van der Waals surface area (Å²) in [6.07, 6.45) is 3.80. The Kier molecular flexibility index (Phi) is 2.87. The van der Waals surface area contributed by atoms with Crippen LogP contribution in [-0.4, -0.2) is 9.55 Å². The number of aromatic amines is 1. The van der Waals surface area contributed by atoms with Crippen molar-refractivity contribution in [2.45, 2.75) is 32.2 Å². The van der Waals surface area contributed by atoms with Gasteiger partial charge in [-0.1, -0.05) is 22.9 Å². The molecule has 1 fully saturated rings. The predicted octanol–water partition coefficient (Wildman–Crippen LogP) is 4.82. The van der Waals surface area contributed by atoms with Gasteiger partial charge in [-0.25, -0.2) is 0 Å². The molecular formula is C13H15BrN2S. The van der Waals surface area contributed by atoms with Crippen LogP contribution in [0.3, 0.4) is 0 Å². The molecule has 1 saturated carbocycles. The fraction of sp³-hybridized carbons (Fsp3) is 0.462. The molecule has 90 valence electrons. The van der Waals surface area contributed by atoms with Crippen molar-refractivity contribution in [1.29, 1.82) is 0 Å². The van der Waals surface area contributed by atoms with Gasteiger partial charge in [0.05, 0.1) is 11.0 Å². The first kappa shape index (κ1) is 11.5. The molecular weight excluding hydrogens is 296 g/mol. The molecule has 3 rings (SSSR count). The van der Waals surface area contributed by atoms with Crippen LogP contribution in [0.2, 0.25) is 0 Å². The standard InChI is InChI=1S/C13H15BrN2S/c1-8-2-4-10(6-8)16-12-7-9(14)3-5-11(12)15-13(16)17/h3,5,7-8,10H,2,4,6H2,1H3,(H,15,17). The van der Waals surface area contributed by atoms with E-state index >= 15 is 0 Å². The van der Waals surface area contributed by atoms with E-state index in [1.807, 2.05) is 0 Å². The van der Waals surface area contributed by atoms with Crippen LogP contribution >= 0.6 is 28.1 Å². The minimum Gasteiger partial charge on any atom is -0.331 e. The van der Waals surface area contributed by atoms with E-state index in [0.29, 0.717) is 6.04 Å². The first-order chi connectivity index (χ1) is 8.15. The summed E-state index contributed by atoms with van der Waals surface area (Å²) in [5.41, 5.74) is 2.36. The second-order valence-electron chi connectivity index (χ2n) is 5.03. The molecule has 1 aromatic carbocycles. The summed E-state index contributed by atoms with van der Waals surface area (Å²) in [5, 5.41) is 0. The van der Waals surface area contributed by atoms with Crippen LogP contribution in [0.5, 0.6) is 0 Å². The molecule has 2 atom stereocenters. The summed E-state index contributed by atoms with van der Waals surface area (Å²) < 4.78 is 4.27. The Morgan fingerprint density at radius 2 is 2.24 bits per heavy atom. The van der Waals surface area contributed by atoms with Gasteiger partial charge in [0.15, 0.2) is 4.77 Å². The number of H-pyrrole nitrogens is 1. The molecule has 1 aliphatic rings. The molecule has 2 nitrogen and oxygen atoms in total. The van der Waals surface area contributed by atoms with Gasteiger partial charge in [-0.2, -0.15) is 0 Å². The number of aromatic nitrogens is 2. The highest BCUT2D eigenvalue weighted by Crippen LogP contribution is 2.36. The summed E-state index contributed by atoms with van der Waals surface area (Å²) in [6.45, 7) is 2.33. The molecule has 0 amide bonds. The van der Waals surface area contributed by atoms with E-state index in [-0.39, 0.29) is 0 Å². The number of halogens is 1. The van der Waals surface area contributed by atoms with Crippen LogP contribution in [0.15, 0.2) is 22.7 Å². The second-order valence-corrected chi connectivity index (χ2v) is 6.34. The molecule has 17 heavy (non-hydrogen) atoms. The Bertz CT molecular complexity index is 613. The molecule has 1 aromatic heterocycles. The minimum atomic E-state index is 0.570. The van der Waals surface area contributed by atoms with E-state index in [1.54, 1.807) is 0 Å². The summed E-state index contributed by atoms with van der Waals surface area (Å²) in [7, 11) is 0. The molecule has 0 aliphatic heterocycles. The number of hydrogen-bond donors (Lipinski definition) is 1. The molecule has 0 saturated heterocycles. The normalized spacial score (nSPS) is 24.6. The van der Waals surface area contributed by atoms with Crippen LogP contribution in [0.25, 0.3) is 11.0 Å². The van der Waals surface area contributed by atoms with Gasteiger partial charge in [0.2, 0.25) is 0 Å². The highest BCUT2D eigenvalue weighted by atomic mass is 79.9. The Morgan fingerprint density at radius 1 is 1.41 bits per heavy atom. The zero-order valence-electron chi connectivity index (χ0n) is 9.74. The van der Waals surface area contributed by atoms with Crippen LogP contribution in [0, 0.1) is 10.7 Å². The van der Waals surface area contributed by atoms with Crippen molar-refractivity contribution in [3.05, 3.63) is 27.4 Å².